The van der Waals surface area contributed by atoms with Crippen LogP contribution < -0.4 is 5.73 Å². The smallest absolute Gasteiger partial charge is 0.142 e. The highest BCUT2D eigenvalue weighted by molar-refractivity contribution is 6.30. The minimum absolute atomic E-state index is 0.135. The number of methoxy groups -OCH3 is 1. The molecule has 1 unspecified atom stereocenters. The molecule has 0 saturated carbocycles. The van der Waals surface area contributed by atoms with Crippen molar-refractivity contribution in [3.8, 4) is 0 Å². The molecular formula is C14H21ClFNO. The Morgan fingerprint density at radius 3 is 2.44 bits per heavy atom. The average Bonchev–Trinajstić information content (AvgIpc) is 2.37. The normalized spacial score (nSPS) is 13.7. The number of nitrogens with two attached hydrogens (primary N) is 1. The predicted octanol–water partition coefficient (Wildman–Crippen LogP) is 3.55. The molecule has 102 valence electrons. The molecule has 2 nitrogen and oxygen atoms in total. The molecule has 0 saturated heterocycles. The average molecular weight is 274 g/mol. The van der Waals surface area contributed by atoms with Gasteiger partial charge in [0.25, 0.3) is 0 Å². The Bertz CT molecular complexity index is 385. The van der Waals surface area contributed by atoms with E-state index >= 15 is 0 Å². The predicted molar refractivity (Wildman–Crippen MR) is 73.4 cm³/mol. The fourth-order valence-corrected chi connectivity index (χ4v) is 2.44. The first kappa shape index (κ1) is 15.4. The fourth-order valence-electron chi connectivity index (χ4n) is 2.32. The van der Waals surface area contributed by atoms with E-state index in [0.717, 1.165) is 18.4 Å². The van der Waals surface area contributed by atoms with Crippen molar-refractivity contribution >= 4 is 11.6 Å². The highest BCUT2D eigenvalue weighted by atomic mass is 35.5. The quantitative estimate of drug-likeness (QED) is 0.860. The third kappa shape index (κ3) is 3.22. The van der Waals surface area contributed by atoms with Crippen LogP contribution in [0.4, 0.5) is 4.39 Å². The van der Waals surface area contributed by atoms with Crippen LogP contribution >= 0.6 is 11.6 Å². The minimum Gasteiger partial charge on any atom is -0.377 e. The van der Waals surface area contributed by atoms with Gasteiger partial charge in [-0.05, 0) is 37.0 Å². The molecule has 18 heavy (non-hydrogen) atoms. The lowest BCUT2D eigenvalue weighted by Gasteiger charge is -2.36. The zero-order chi connectivity index (χ0) is 13.8. The van der Waals surface area contributed by atoms with E-state index in [1.807, 2.05) is 0 Å². The van der Waals surface area contributed by atoms with Gasteiger partial charge in [-0.15, -0.1) is 0 Å². The maximum absolute atomic E-state index is 13.4. The van der Waals surface area contributed by atoms with Gasteiger partial charge in [-0.25, -0.2) is 4.39 Å². The monoisotopic (exact) mass is 273 g/mol. The van der Waals surface area contributed by atoms with Crippen molar-refractivity contribution in [1.82, 2.24) is 0 Å². The molecule has 0 spiro atoms. The Morgan fingerprint density at radius 1 is 1.39 bits per heavy atom. The van der Waals surface area contributed by atoms with Gasteiger partial charge in [0, 0.05) is 13.2 Å². The summed E-state index contributed by atoms with van der Waals surface area (Å²) in [4.78, 5) is 0. The number of halogens is 2. The van der Waals surface area contributed by atoms with E-state index in [4.69, 9.17) is 22.1 Å². The van der Waals surface area contributed by atoms with E-state index in [1.54, 1.807) is 19.2 Å². The van der Waals surface area contributed by atoms with Crippen LogP contribution in [-0.2, 0) is 11.2 Å². The van der Waals surface area contributed by atoms with Crippen LogP contribution in [-0.4, -0.2) is 18.8 Å². The molecule has 2 N–H and O–H groups in total. The summed E-state index contributed by atoms with van der Waals surface area (Å²) in [6.45, 7) is 4.10. The minimum atomic E-state index is -0.405. The zero-order valence-electron chi connectivity index (χ0n) is 11.2. The standard InChI is InChI=1S/C14H21ClFNO/c1-4-14(5-2,18-3)13(17)9-10-6-7-11(15)12(16)8-10/h6-8,13H,4-5,9,17H2,1-3H3. The first-order valence-corrected chi connectivity index (χ1v) is 6.61. The summed E-state index contributed by atoms with van der Waals surface area (Å²) in [5, 5.41) is 0.135. The first-order chi connectivity index (χ1) is 8.49. The van der Waals surface area contributed by atoms with Crippen LogP contribution in [0, 0.1) is 5.82 Å². The van der Waals surface area contributed by atoms with Crippen LogP contribution in [0.25, 0.3) is 0 Å². The van der Waals surface area contributed by atoms with Crippen molar-refractivity contribution in [2.45, 2.75) is 44.8 Å². The van der Waals surface area contributed by atoms with Crippen LogP contribution in [0.15, 0.2) is 18.2 Å². The van der Waals surface area contributed by atoms with Crippen molar-refractivity contribution in [3.63, 3.8) is 0 Å². The molecule has 1 atom stereocenters. The van der Waals surface area contributed by atoms with Crippen molar-refractivity contribution in [2.75, 3.05) is 7.11 Å². The van der Waals surface area contributed by atoms with Gasteiger partial charge in [-0.1, -0.05) is 31.5 Å². The van der Waals surface area contributed by atoms with Gasteiger partial charge in [0.05, 0.1) is 10.6 Å². The van der Waals surface area contributed by atoms with E-state index < -0.39 is 5.82 Å². The summed E-state index contributed by atoms with van der Waals surface area (Å²) in [6, 6.07) is 4.63. The van der Waals surface area contributed by atoms with Crippen LogP contribution in [0.1, 0.15) is 32.3 Å². The fraction of sp³-hybridized carbons (Fsp3) is 0.571. The van der Waals surface area contributed by atoms with E-state index in [1.165, 1.54) is 6.07 Å². The van der Waals surface area contributed by atoms with Crippen LogP contribution in [0.2, 0.25) is 5.02 Å². The SMILES string of the molecule is CCC(CC)(OC)C(N)Cc1ccc(Cl)c(F)c1. The second kappa shape index (κ2) is 6.50. The molecule has 1 rings (SSSR count). The number of rotatable bonds is 6. The van der Waals surface area contributed by atoms with Gasteiger partial charge in [0.1, 0.15) is 5.82 Å². The maximum Gasteiger partial charge on any atom is 0.142 e. The number of hydrogen-bond acceptors (Lipinski definition) is 2. The molecule has 1 aromatic rings. The third-order valence-corrected chi connectivity index (χ3v) is 4.03. The van der Waals surface area contributed by atoms with Crippen molar-refractivity contribution < 1.29 is 9.13 Å². The lowest BCUT2D eigenvalue weighted by atomic mass is 9.85. The molecule has 0 amide bonds. The summed E-state index contributed by atoms with van der Waals surface area (Å²) < 4.78 is 18.9. The molecular weight excluding hydrogens is 253 g/mol. The van der Waals surface area contributed by atoms with Gasteiger partial charge < -0.3 is 10.5 Å². The van der Waals surface area contributed by atoms with Gasteiger partial charge in [-0.2, -0.15) is 0 Å². The van der Waals surface area contributed by atoms with Gasteiger partial charge >= 0.3 is 0 Å². The van der Waals surface area contributed by atoms with E-state index in [-0.39, 0.29) is 16.7 Å². The second-order valence-corrected chi connectivity index (χ2v) is 4.94. The lowest BCUT2D eigenvalue weighted by molar-refractivity contribution is -0.0374. The highest BCUT2D eigenvalue weighted by Crippen LogP contribution is 2.26. The number of benzene rings is 1. The zero-order valence-corrected chi connectivity index (χ0v) is 11.9. The molecule has 0 bridgehead atoms. The molecule has 0 fully saturated rings. The Labute approximate surface area is 113 Å². The molecule has 1 aromatic carbocycles. The summed E-state index contributed by atoms with van der Waals surface area (Å²) in [5.41, 5.74) is 6.71. The second-order valence-electron chi connectivity index (χ2n) is 4.54. The summed E-state index contributed by atoms with van der Waals surface area (Å²) in [5.74, 6) is -0.405. The molecule has 0 aliphatic carbocycles. The van der Waals surface area contributed by atoms with E-state index in [9.17, 15) is 4.39 Å². The molecule has 0 aliphatic rings. The van der Waals surface area contributed by atoms with Gasteiger partial charge in [-0.3, -0.25) is 0 Å². The molecule has 0 aliphatic heterocycles. The van der Waals surface area contributed by atoms with Crippen molar-refractivity contribution in [3.05, 3.63) is 34.6 Å². The molecule has 0 heterocycles. The van der Waals surface area contributed by atoms with Crippen molar-refractivity contribution in [1.29, 1.82) is 0 Å². The third-order valence-electron chi connectivity index (χ3n) is 3.72. The topological polar surface area (TPSA) is 35.2 Å². The Morgan fingerprint density at radius 2 is 2.00 bits per heavy atom. The number of ether oxygens (including phenoxy) is 1. The first-order valence-electron chi connectivity index (χ1n) is 6.23. The van der Waals surface area contributed by atoms with Crippen LogP contribution in [0.5, 0.6) is 0 Å². The molecule has 4 heteroatoms. The highest BCUT2D eigenvalue weighted by Gasteiger charge is 2.33. The van der Waals surface area contributed by atoms with E-state index in [2.05, 4.69) is 13.8 Å². The lowest BCUT2D eigenvalue weighted by Crippen LogP contribution is -2.50. The summed E-state index contributed by atoms with van der Waals surface area (Å²) in [6.07, 6.45) is 2.23. The Hall–Kier alpha value is -0.640. The molecule has 0 radical (unpaired) electrons. The van der Waals surface area contributed by atoms with E-state index in [0.29, 0.717) is 6.42 Å². The van der Waals surface area contributed by atoms with Gasteiger partial charge in [0.15, 0.2) is 0 Å². The Balaban J connectivity index is 2.85. The largest absolute Gasteiger partial charge is 0.377 e. The maximum atomic E-state index is 13.4. The molecule has 0 aromatic heterocycles. The summed E-state index contributed by atoms with van der Waals surface area (Å²) >= 11 is 5.66. The van der Waals surface area contributed by atoms with Crippen LogP contribution in [0.3, 0.4) is 0 Å². The van der Waals surface area contributed by atoms with Gasteiger partial charge in [0.2, 0.25) is 0 Å². The Kier molecular flexibility index (Phi) is 5.57. The summed E-state index contributed by atoms with van der Waals surface area (Å²) in [7, 11) is 1.68. The van der Waals surface area contributed by atoms with Crippen molar-refractivity contribution in [2.24, 2.45) is 5.73 Å². The number of hydrogen-bond donors (Lipinski definition) is 1.